The van der Waals surface area contributed by atoms with Crippen molar-refractivity contribution in [2.24, 2.45) is 5.41 Å². The molecule has 20 heavy (non-hydrogen) atoms. The van der Waals surface area contributed by atoms with E-state index in [1.807, 2.05) is 0 Å². The number of hydrogen-bond donors (Lipinski definition) is 3. The van der Waals surface area contributed by atoms with Crippen molar-refractivity contribution >= 4 is 23.5 Å². The number of nitrogens with one attached hydrogen (secondary N) is 2. The van der Waals surface area contributed by atoms with E-state index < -0.39 is 17.3 Å². The molecule has 0 aromatic carbocycles. The number of aromatic nitrogens is 1. The molecule has 0 unspecified atom stereocenters. The van der Waals surface area contributed by atoms with Gasteiger partial charge in [0.25, 0.3) is 0 Å². The second kappa shape index (κ2) is 6.14. The van der Waals surface area contributed by atoms with Gasteiger partial charge in [-0.15, -0.1) is 0 Å². The maximum Gasteiger partial charge on any atom is 0.356 e. The molecule has 0 aliphatic heterocycles. The lowest BCUT2D eigenvalue weighted by atomic mass is 9.96. The van der Waals surface area contributed by atoms with Gasteiger partial charge in [0.05, 0.1) is 12.2 Å². The molecule has 1 rings (SSSR count). The number of carbonyl (C=O) groups is 3. The summed E-state index contributed by atoms with van der Waals surface area (Å²) in [6, 6.07) is 2.94. The summed E-state index contributed by atoms with van der Waals surface area (Å²) in [5.74, 6) is -2.02. The lowest BCUT2D eigenvalue weighted by molar-refractivity contribution is -0.130. The van der Waals surface area contributed by atoms with E-state index in [9.17, 15) is 14.4 Å². The van der Waals surface area contributed by atoms with E-state index in [1.165, 1.54) is 18.3 Å². The van der Waals surface area contributed by atoms with Crippen molar-refractivity contribution in [1.82, 2.24) is 10.3 Å². The Morgan fingerprint density at radius 1 is 1.30 bits per heavy atom. The van der Waals surface area contributed by atoms with Crippen LogP contribution in [0.4, 0.5) is 5.69 Å². The number of rotatable bonds is 4. The van der Waals surface area contributed by atoms with Crippen LogP contribution in [0.5, 0.6) is 0 Å². The minimum Gasteiger partial charge on any atom is -0.476 e. The third kappa shape index (κ3) is 4.34. The van der Waals surface area contributed by atoms with Crippen LogP contribution in [0.1, 0.15) is 31.3 Å². The number of anilines is 1. The first-order chi connectivity index (χ1) is 9.21. The minimum atomic E-state index is -1.24. The highest BCUT2D eigenvalue weighted by molar-refractivity contribution is 6.00. The van der Waals surface area contributed by atoms with Gasteiger partial charge >= 0.3 is 5.97 Å². The van der Waals surface area contributed by atoms with Gasteiger partial charge in [-0.1, -0.05) is 20.8 Å². The summed E-state index contributed by atoms with van der Waals surface area (Å²) < 4.78 is 0. The molecule has 0 radical (unpaired) electrons. The molecule has 0 atom stereocenters. The molecule has 1 aromatic heterocycles. The van der Waals surface area contributed by atoms with Gasteiger partial charge < -0.3 is 15.7 Å². The molecule has 0 saturated heterocycles. The molecular weight excluding hydrogens is 262 g/mol. The smallest absolute Gasteiger partial charge is 0.356 e. The van der Waals surface area contributed by atoms with Crippen molar-refractivity contribution in [2.75, 3.05) is 11.9 Å². The standard InChI is InChI=1S/C13H17N3O4/c1-13(2,3)12(20)15-7-9(17)16-8-5-4-6-14-10(8)11(18)19/h4-6H,7H2,1-3H3,(H,15,20)(H,16,17)(H,18,19). The second-order valence-electron chi connectivity index (χ2n) is 5.19. The molecule has 1 heterocycles. The van der Waals surface area contributed by atoms with Crippen molar-refractivity contribution in [2.45, 2.75) is 20.8 Å². The average molecular weight is 279 g/mol. The Hall–Kier alpha value is -2.44. The molecular formula is C13H17N3O4. The van der Waals surface area contributed by atoms with Crippen molar-refractivity contribution in [1.29, 1.82) is 0 Å². The van der Waals surface area contributed by atoms with E-state index in [4.69, 9.17) is 5.11 Å². The van der Waals surface area contributed by atoms with Crippen LogP contribution in [0, 0.1) is 5.41 Å². The van der Waals surface area contributed by atoms with Gasteiger partial charge in [0.1, 0.15) is 0 Å². The Balaban J connectivity index is 2.64. The number of nitrogens with zero attached hydrogens (tertiary/aromatic N) is 1. The molecule has 108 valence electrons. The van der Waals surface area contributed by atoms with Gasteiger partial charge in [0, 0.05) is 11.6 Å². The normalized spacial score (nSPS) is 10.8. The molecule has 7 nitrogen and oxygen atoms in total. The first-order valence-corrected chi connectivity index (χ1v) is 5.98. The minimum absolute atomic E-state index is 0.0926. The SMILES string of the molecule is CC(C)(C)C(=O)NCC(=O)Nc1cccnc1C(=O)O. The Morgan fingerprint density at radius 3 is 2.50 bits per heavy atom. The Kier molecular flexibility index (Phi) is 4.79. The first-order valence-electron chi connectivity index (χ1n) is 5.98. The van der Waals surface area contributed by atoms with Gasteiger partial charge in [-0.3, -0.25) is 9.59 Å². The summed E-state index contributed by atoms with van der Waals surface area (Å²) in [5, 5.41) is 13.8. The molecule has 0 saturated carbocycles. The van der Waals surface area contributed by atoms with Gasteiger partial charge in [-0.25, -0.2) is 9.78 Å². The monoisotopic (exact) mass is 279 g/mol. The zero-order valence-corrected chi connectivity index (χ0v) is 11.6. The van der Waals surface area contributed by atoms with Gasteiger partial charge in [0.2, 0.25) is 11.8 Å². The molecule has 1 aromatic rings. The Morgan fingerprint density at radius 2 is 1.95 bits per heavy atom. The number of aromatic carboxylic acids is 1. The summed E-state index contributed by atoms with van der Waals surface area (Å²) in [6.07, 6.45) is 1.32. The van der Waals surface area contributed by atoms with E-state index >= 15 is 0 Å². The van der Waals surface area contributed by atoms with Crippen molar-refractivity contribution in [3.63, 3.8) is 0 Å². The summed E-state index contributed by atoms with van der Waals surface area (Å²) in [4.78, 5) is 37.9. The van der Waals surface area contributed by atoms with Crippen LogP contribution >= 0.6 is 0 Å². The van der Waals surface area contributed by atoms with Crippen LogP contribution in [-0.4, -0.2) is 34.4 Å². The predicted molar refractivity (Wildman–Crippen MR) is 72.3 cm³/mol. The number of hydrogen-bond acceptors (Lipinski definition) is 4. The van der Waals surface area contributed by atoms with Crippen LogP contribution in [0.25, 0.3) is 0 Å². The van der Waals surface area contributed by atoms with Crippen LogP contribution in [-0.2, 0) is 9.59 Å². The fraction of sp³-hybridized carbons (Fsp3) is 0.385. The Labute approximate surface area is 116 Å². The van der Waals surface area contributed by atoms with E-state index in [-0.39, 0.29) is 23.8 Å². The summed E-state index contributed by atoms with van der Waals surface area (Å²) in [7, 11) is 0. The molecule has 0 aliphatic carbocycles. The maximum absolute atomic E-state index is 11.7. The molecule has 0 bridgehead atoms. The highest BCUT2D eigenvalue weighted by Crippen LogP contribution is 2.13. The zero-order chi connectivity index (χ0) is 15.3. The molecule has 3 N–H and O–H groups in total. The van der Waals surface area contributed by atoms with Crippen molar-refractivity contribution < 1.29 is 19.5 Å². The molecule has 2 amide bonds. The van der Waals surface area contributed by atoms with Crippen LogP contribution in [0.3, 0.4) is 0 Å². The molecule has 0 aliphatic rings. The van der Waals surface area contributed by atoms with Gasteiger partial charge in [0.15, 0.2) is 5.69 Å². The van der Waals surface area contributed by atoms with E-state index in [0.717, 1.165) is 0 Å². The number of pyridine rings is 1. The fourth-order valence-corrected chi connectivity index (χ4v) is 1.30. The molecule has 7 heteroatoms. The van der Waals surface area contributed by atoms with Gasteiger partial charge in [-0.05, 0) is 12.1 Å². The highest BCUT2D eigenvalue weighted by Gasteiger charge is 2.21. The summed E-state index contributed by atoms with van der Waals surface area (Å²) in [5.41, 5.74) is -0.751. The van der Waals surface area contributed by atoms with Crippen LogP contribution in [0.2, 0.25) is 0 Å². The fourth-order valence-electron chi connectivity index (χ4n) is 1.30. The number of carboxylic acids is 1. The van der Waals surface area contributed by atoms with Crippen LogP contribution < -0.4 is 10.6 Å². The van der Waals surface area contributed by atoms with E-state index in [1.54, 1.807) is 20.8 Å². The lowest BCUT2D eigenvalue weighted by Crippen LogP contribution is -2.39. The topological polar surface area (TPSA) is 108 Å². The van der Waals surface area contributed by atoms with Crippen molar-refractivity contribution in [3.8, 4) is 0 Å². The lowest BCUT2D eigenvalue weighted by Gasteiger charge is -2.17. The zero-order valence-electron chi connectivity index (χ0n) is 11.6. The number of carbonyl (C=O) groups excluding carboxylic acids is 2. The van der Waals surface area contributed by atoms with Gasteiger partial charge in [-0.2, -0.15) is 0 Å². The number of carboxylic acid groups (broad SMARTS) is 1. The largest absolute Gasteiger partial charge is 0.476 e. The predicted octanol–water partition coefficient (Wildman–Crippen LogP) is 0.881. The first kappa shape index (κ1) is 15.6. The van der Waals surface area contributed by atoms with E-state index in [0.29, 0.717) is 0 Å². The van der Waals surface area contributed by atoms with Crippen LogP contribution in [0.15, 0.2) is 18.3 Å². The second-order valence-corrected chi connectivity index (χ2v) is 5.19. The molecule has 0 spiro atoms. The summed E-state index contributed by atoms with van der Waals surface area (Å²) in [6.45, 7) is 4.95. The average Bonchev–Trinajstić information content (AvgIpc) is 2.35. The highest BCUT2D eigenvalue weighted by atomic mass is 16.4. The van der Waals surface area contributed by atoms with E-state index in [2.05, 4.69) is 15.6 Å². The third-order valence-corrected chi connectivity index (χ3v) is 2.38. The number of amides is 2. The third-order valence-electron chi connectivity index (χ3n) is 2.38. The van der Waals surface area contributed by atoms with Crippen molar-refractivity contribution in [3.05, 3.63) is 24.0 Å². The molecule has 0 fully saturated rings. The Bertz CT molecular complexity index is 535. The summed E-state index contributed by atoms with van der Waals surface area (Å²) >= 11 is 0. The maximum atomic E-state index is 11.7. The quantitative estimate of drug-likeness (QED) is 0.758.